The zero-order chi connectivity index (χ0) is 8.55. The number of ketones is 1. The molecule has 0 saturated carbocycles. The molecule has 1 heterocycles. The summed E-state index contributed by atoms with van der Waals surface area (Å²) in [5, 5.41) is 0. The Hall–Kier alpha value is -1.25. The van der Waals surface area contributed by atoms with Crippen LogP contribution in [0.25, 0.3) is 0 Å². The maximum absolute atomic E-state index is 11.3. The number of fused-ring (bicyclic) bond motifs is 1. The monoisotopic (exact) mass is 158 g/mol. The minimum atomic E-state index is 0.114. The van der Waals surface area contributed by atoms with Gasteiger partial charge in [-0.1, -0.05) is 17.6 Å². The maximum atomic E-state index is 11.3. The van der Waals surface area contributed by atoms with Gasteiger partial charge in [0.1, 0.15) is 13.6 Å². The highest BCUT2D eigenvalue weighted by molar-refractivity contribution is 6.32. The minimum Gasteiger partial charge on any atom is -0.492 e. The fourth-order valence-electron chi connectivity index (χ4n) is 1.28. The number of hydrogen-bond donors (Lipinski definition) is 0. The van der Waals surface area contributed by atoms with Crippen LogP contribution in [0, 0.1) is 0 Å². The van der Waals surface area contributed by atoms with E-state index in [0.717, 1.165) is 0 Å². The summed E-state index contributed by atoms with van der Waals surface area (Å²) < 4.78 is 5.27. The van der Waals surface area contributed by atoms with Crippen molar-refractivity contribution in [3.05, 3.63) is 23.8 Å². The zero-order valence-electron chi connectivity index (χ0n) is 6.54. The number of rotatable bonds is 0. The van der Waals surface area contributed by atoms with Crippen LogP contribution in [-0.4, -0.2) is 20.2 Å². The van der Waals surface area contributed by atoms with Crippen LogP contribution in [0.5, 0.6) is 5.75 Å². The summed E-state index contributed by atoms with van der Waals surface area (Å²) in [6.45, 7) is 0.482. The van der Waals surface area contributed by atoms with E-state index in [-0.39, 0.29) is 5.78 Å². The molecule has 3 heteroatoms. The molecule has 0 fully saturated rings. The third kappa shape index (κ3) is 1.11. The van der Waals surface area contributed by atoms with Gasteiger partial charge in [0.2, 0.25) is 0 Å². The van der Waals surface area contributed by atoms with E-state index in [1.807, 2.05) is 0 Å². The molecule has 0 N–H and O–H groups in total. The van der Waals surface area contributed by atoms with Gasteiger partial charge in [0.05, 0.1) is 12.2 Å². The number of carbonyl (C=O) groups excluding carboxylic acids is 1. The summed E-state index contributed by atoms with van der Waals surface area (Å²) in [7, 11) is 5.54. The molecule has 1 aromatic carbocycles. The lowest BCUT2D eigenvalue weighted by Gasteiger charge is -2.16. The quantitative estimate of drug-likeness (QED) is 0.512. The normalized spacial score (nSPS) is 15.2. The van der Waals surface area contributed by atoms with E-state index in [1.54, 1.807) is 18.2 Å². The molecular formula is C9H7BO2. The van der Waals surface area contributed by atoms with E-state index in [0.29, 0.717) is 29.8 Å². The number of benzene rings is 1. The highest BCUT2D eigenvalue weighted by Gasteiger charge is 2.17. The van der Waals surface area contributed by atoms with Crippen molar-refractivity contribution in [3.63, 3.8) is 0 Å². The van der Waals surface area contributed by atoms with E-state index < -0.39 is 0 Å². The smallest absolute Gasteiger partial charge is 0.169 e. The van der Waals surface area contributed by atoms with Crippen LogP contribution in [0.3, 0.4) is 0 Å². The predicted octanol–water partition coefficient (Wildman–Crippen LogP) is 0.446. The van der Waals surface area contributed by atoms with Crippen molar-refractivity contribution in [2.45, 2.75) is 6.42 Å². The van der Waals surface area contributed by atoms with Crippen LogP contribution in [0.4, 0.5) is 0 Å². The van der Waals surface area contributed by atoms with Crippen LogP contribution in [0.1, 0.15) is 16.8 Å². The number of carbonyl (C=O) groups is 1. The largest absolute Gasteiger partial charge is 0.492 e. The molecule has 1 aliphatic rings. The molecule has 1 aliphatic heterocycles. The van der Waals surface area contributed by atoms with Gasteiger partial charge in [0, 0.05) is 6.42 Å². The number of Topliss-reactive ketones (excluding diaryl/α,β-unsaturated/α-hetero) is 1. The first kappa shape index (κ1) is 7.41. The Labute approximate surface area is 71.9 Å². The summed E-state index contributed by atoms with van der Waals surface area (Å²) in [5.41, 5.74) is 1.22. The molecule has 0 aliphatic carbocycles. The van der Waals surface area contributed by atoms with E-state index in [1.165, 1.54) is 0 Å². The topological polar surface area (TPSA) is 26.3 Å². The van der Waals surface area contributed by atoms with Crippen molar-refractivity contribution in [1.29, 1.82) is 0 Å². The fourth-order valence-corrected chi connectivity index (χ4v) is 1.28. The van der Waals surface area contributed by atoms with Crippen LogP contribution in [-0.2, 0) is 0 Å². The summed E-state index contributed by atoms with van der Waals surface area (Å²) >= 11 is 0. The first-order chi connectivity index (χ1) is 5.77. The second kappa shape index (κ2) is 2.66. The molecule has 1 aromatic rings. The Morgan fingerprint density at radius 1 is 1.42 bits per heavy atom. The molecule has 0 spiro atoms. The summed E-state index contributed by atoms with van der Waals surface area (Å²) in [6, 6.07) is 5.13. The van der Waals surface area contributed by atoms with Crippen LogP contribution >= 0.6 is 0 Å². The van der Waals surface area contributed by atoms with Crippen molar-refractivity contribution in [2.75, 3.05) is 6.61 Å². The van der Waals surface area contributed by atoms with E-state index in [2.05, 4.69) is 0 Å². The van der Waals surface area contributed by atoms with Crippen molar-refractivity contribution in [2.24, 2.45) is 0 Å². The number of hydrogen-bond acceptors (Lipinski definition) is 2. The second-order valence-corrected chi connectivity index (χ2v) is 2.78. The Bertz CT molecular complexity index is 333. The molecule has 0 unspecified atom stereocenters. The van der Waals surface area contributed by atoms with Crippen LogP contribution in [0.2, 0.25) is 0 Å². The molecule has 0 atom stereocenters. The SMILES string of the molecule is [B]c1ccc2c(c1)C(=O)CCO2. The standard InChI is InChI=1S/C9H7BO2/c10-6-1-2-9-7(5-6)8(11)3-4-12-9/h1-2,5H,3-4H2. The second-order valence-electron chi connectivity index (χ2n) is 2.78. The molecule has 0 amide bonds. The predicted molar refractivity (Wildman–Crippen MR) is 46.3 cm³/mol. The molecule has 0 aromatic heterocycles. The lowest BCUT2D eigenvalue weighted by Crippen LogP contribution is -2.17. The van der Waals surface area contributed by atoms with Crippen LogP contribution in [0.15, 0.2) is 18.2 Å². The van der Waals surface area contributed by atoms with Gasteiger partial charge in [-0.2, -0.15) is 0 Å². The first-order valence-corrected chi connectivity index (χ1v) is 3.83. The van der Waals surface area contributed by atoms with Crippen molar-refractivity contribution in [3.8, 4) is 5.75 Å². The van der Waals surface area contributed by atoms with Gasteiger partial charge in [-0.15, -0.1) is 0 Å². The van der Waals surface area contributed by atoms with Gasteiger partial charge in [-0.3, -0.25) is 4.79 Å². The van der Waals surface area contributed by atoms with Crippen molar-refractivity contribution < 1.29 is 9.53 Å². The molecule has 2 radical (unpaired) electrons. The highest BCUT2D eigenvalue weighted by Crippen LogP contribution is 2.22. The molecular weight excluding hydrogens is 151 g/mol. The molecule has 12 heavy (non-hydrogen) atoms. The summed E-state index contributed by atoms with van der Waals surface area (Å²) in [5.74, 6) is 0.768. The van der Waals surface area contributed by atoms with E-state index in [4.69, 9.17) is 12.6 Å². The van der Waals surface area contributed by atoms with Crippen molar-refractivity contribution >= 4 is 19.1 Å². The van der Waals surface area contributed by atoms with E-state index >= 15 is 0 Å². The number of ether oxygens (including phenoxy) is 1. The zero-order valence-corrected chi connectivity index (χ0v) is 6.54. The third-order valence-electron chi connectivity index (χ3n) is 1.89. The highest BCUT2D eigenvalue weighted by atomic mass is 16.5. The van der Waals surface area contributed by atoms with Gasteiger partial charge in [-0.05, 0) is 6.07 Å². The molecule has 58 valence electrons. The first-order valence-electron chi connectivity index (χ1n) is 3.83. The van der Waals surface area contributed by atoms with Gasteiger partial charge in [0.15, 0.2) is 5.78 Å². The van der Waals surface area contributed by atoms with Gasteiger partial charge < -0.3 is 4.74 Å². The Morgan fingerprint density at radius 2 is 2.25 bits per heavy atom. The van der Waals surface area contributed by atoms with Gasteiger partial charge in [-0.25, -0.2) is 0 Å². The minimum absolute atomic E-state index is 0.114. The molecule has 2 nitrogen and oxygen atoms in total. The lowest BCUT2D eigenvalue weighted by atomic mass is 9.92. The summed E-state index contributed by atoms with van der Waals surface area (Å²) in [6.07, 6.45) is 0.455. The fraction of sp³-hybridized carbons (Fsp3) is 0.222. The van der Waals surface area contributed by atoms with Crippen molar-refractivity contribution in [1.82, 2.24) is 0 Å². The molecule has 2 rings (SSSR count). The van der Waals surface area contributed by atoms with Crippen LogP contribution < -0.4 is 10.2 Å². The molecule has 0 bridgehead atoms. The third-order valence-corrected chi connectivity index (χ3v) is 1.89. The molecule has 0 saturated heterocycles. The van der Waals surface area contributed by atoms with Gasteiger partial charge in [0.25, 0.3) is 0 Å². The summed E-state index contributed by atoms with van der Waals surface area (Å²) in [4.78, 5) is 11.3. The average molecular weight is 158 g/mol. The maximum Gasteiger partial charge on any atom is 0.169 e. The average Bonchev–Trinajstić information content (AvgIpc) is 2.07. The van der Waals surface area contributed by atoms with Gasteiger partial charge >= 0.3 is 0 Å². The Kier molecular flexibility index (Phi) is 1.64. The Morgan fingerprint density at radius 3 is 3.08 bits per heavy atom. The Balaban J connectivity index is 2.54. The van der Waals surface area contributed by atoms with E-state index in [9.17, 15) is 4.79 Å². The lowest BCUT2D eigenvalue weighted by molar-refractivity contribution is 0.0933.